The quantitative estimate of drug-likeness (QED) is 0.391. The van der Waals surface area contributed by atoms with E-state index in [0.29, 0.717) is 17.9 Å². The van der Waals surface area contributed by atoms with Crippen LogP contribution in [0, 0.1) is 0 Å². The normalized spacial score (nSPS) is 11.3. The molecule has 0 aliphatic heterocycles. The van der Waals surface area contributed by atoms with Gasteiger partial charge in [-0.05, 0) is 63.0 Å². The van der Waals surface area contributed by atoms with E-state index in [-0.39, 0.29) is 16.9 Å². The highest BCUT2D eigenvalue weighted by Gasteiger charge is 2.30. The van der Waals surface area contributed by atoms with Crippen LogP contribution in [-0.4, -0.2) is 44.0 Å². The second kappa shape index (κ2) is 11.5. The average molecular weight is 486 g/mol. The Morgan fingerprint density at radius 2 is 1.51 bits per heavy atom. The summed E-state index contributed by atoms with van der Waals surface area (Å²) in [6.07, 6.45) is -3.75. The fourth-order valence-electron chi connectivity index (χ4n) is 3.29. The minimum Gasteiger partial charge on any atom is -0.493 e. The highest BCUT2D eigenvalue weighted by atomic mass is 19.4. The topological polar surface area (TPSA) is 70.7 Å². The molecule has 0 saturated carbocycles. The van der Waals surface area contributed by atoms with Crippen LogP contribution in [0.3, 0.4) is 0 Å². The van der Waals surface area contributed by atoms with Crippen molar-refractivity contribution in [2.24, 2.45) is 0 Å². The molecule has 0 aliphatic carbocycles. The summed E-state index contributed by atoms with van der Waals surface area (Å²) in [5.41, 5.74) is -0.279. The molecule has 0 atom stereocenters. The van der Waals surface area contributed by atoms with Crippen LogP contribution in [0.5, 0.6) is 5.75 Å². The third-order valence-electron chi connectivity index (χ3n) is 5.01. The van der Waals surface area contributed by atoms with Gasteiger partial charge < -0.3 is 20.3 Å². The predicted octanol–water partition coefficient (Wildman–Crippen LogP) is 5.54. The monoisotopic (exact) mass is 485 g/mol. The fraction of sp³-hybridized carbons (Fsp3) is 0.231. The molecule has 2 N–H and O–H groups in total. The Labute approximate surface area is 201 Å². The fourth-order valence-corrected chi connectivity index (χ4v) is 3.29. The van der Waals surface area contributed by atoms with Gasteiger partial charge in [0.25, 0.3) is 11.8 Å². The lowest BCUT2D eigenvalue weighted by Gasteiger charge is -2.15. The largest absolute Gasteiger partial charge is 0.493 e. The minimum atomic E-state index is -4.53. The molecule has 3 aromatic carbocycles. The molecule has 0 unspecified atom stereocenters. The van der Waals surface area contributed by atoms with Gasteiger partial charge in [-0.15, -0.1) is 0 Å². The third kappa shape index (κ3) is 7.31. The Kier molecular flexibility index (Phi) is 8.48. The number of alkyl halides is 3. The Morgan fingerprint density at radius 3 is 2.23 bits per heavy atom. The molecule has 0 heterocycles. The number of nitrogens with zero attached hydrogens (tertiary/aromatic N) is 1. The van der Waals surface area contributed by atoms with Crippen LogP contribution in [0.4, 0.5) is 24.5 Å². The standard InChI is InChI=1S/C26H26F3N3O3/c1-32(2)15-8-16-35-23-14-6-4-12-21(23)25(34)31-22-13-5-3-11-20(22)24(33)30-19-10-7-9-18(17-19)26(27,28)29/h3-7,9-14,17H,8,15-16H2,1-2H3,(H,30,33)(H,31,34). The first-order valence-electron chi connectivity index (χ1n) is 10.9. The van der Waals surface area contributed by atoms with Crippen molar-refractivity contribution in [1.29, 1.82) is 0 Å². The molecule has 0 spiro atoms. The smallest absolute Gasteiger partial charge is 0.416 e. The number of nitrogens with one attached hydrogen (secondary N) is 2. The van der Waals surface area contributed by atoms with Gasteiger partial charge in [-0.1, -0.05) is 30.3 Å². The van der Waals surface area contributed by atoms with E-state index in [1.807, 2.05) is 19.0 Å². The maximum atomic E-state index is 13.0. The van der Waals surface area contributed by atoms with E-state index in [1.54, 1.807) is 42.5 Å². The van der Waals surface area contributed by atoms with Gasteiger partial charge in [-0.2, -0.15) is 13.2 Å². The van der Waals surface area contributed by atoms with Gasteiger partial charge in [0.2, 0.25) is 0 Å². The van der Waals surface area contributed by atoms with Gasteiger partial charge in [0.15, 0.2) is 0 Å². The zero-order chi connectivity index (χ0) is 25.4. The number of benzene rings is 3. The highest BCUT2D eigenvalue weighted by Crippen LogP contribution is 2.31. The molecule has 0 aromatic heterocycles. The van der Waals surface area contributed by atoms with Gasteiger partial charge in [-0.3, -0.25) is 9.59 Å². The van der Waals surface area contributed by atoms with E-state index in [4.69, 9.17) is 4.74 Å². The predicted molar refractivity (Wildman–Crippen MR) is 129 cm³/mol. The van der Waals surface area contributed by atoms with Gasteiger partial charge in [-0.25, -0.2) is 0 Å². The maximum Gasteiger partial charge on any atom is 0.416 e. The van der Waals surface area contributed by atoms with Crippen molar-refractivity contribution in [3.05, 3.63) is 89.5 Å². The number of halogens is 3. The Morgan fingerprint density at radius 1 is 0.857 bits per heavy atom. The summed E-state index contributed by atoms with van der Waals surface area (Å²) in [7, 11) is 3.92. The van der Waals surface area contributed by atoms with Crippen molar-refractivity contribution in [1.82, 2.24) is 4.90 Å². The molecule has 184 valence electrons. The average Bonchev–Trinajstić information content (AvgIpc) is 2.82. The summed E-state index contributed by atoms with van der Waals surface area (Å²) in [4.78, 5) is 27.9. The molecule has 0 saturated heterocycles. The van der Waals surface area contributed by atoms with Crippen molar-refractivity contribution in [3.8, 4) is 5.75 Å². The van der Waals surface area contributed by atoms with Crippen LogP contribution in [0.2, 0.25) is 0 Å². The molecule has 0 radical (unpaired) electrons. The first-order valence-corrected chi connectivity index (χ1v) is 10.9. The van der Waals surface area contributed by atoms with Crippen molar-refractivity contribution in [2.75, 3.05) is 37.9 Å². The van der Waals surface area contributed by atoms with Crippen LogP contribution in [0.1, 0.15) is 32.7 Å². The van der Waals surface area contributed by atoms with Crippen molar-refractivity contribution < 1.29 is 27.5 Å². The van der Waals surface area contributed by atoms with Crippen molar-refractivity contribution in [2.45, 2.75) is 12.6 Å². The summed E-state index contributed by atoms with van der Waals surface area (Å²) in [6, 6.07) is 17.4. The van der Waals surface area contributed by atoms with Crippen LogP contribution >= 0.6 is 0 Å². The summed E-state index contributed by atoms with van der Waals surface area (Å²) < 4.78 is 44.8. The lowest BCUT2D eigenvalue weighted by atomic mass is 10.1. The molecule has 0 bridgehead atoms. The number of hydrogen-bond donors (Lipinski definition) is 2. The number of anilines is 2. The minimum absolute atomic E-state index is 0.0116. The third-order valence-corrected chi connectivity index (χ3v) is 5.01. The molecule has 9 heteroatoms. The van der Waals surface area contributed by atoms with Crippen LogP contribution in [0.25, 0.3) is 0 Å². The van der Waals surface area contributed by atoms with E-state index >= 15 is 0 Å². The molecule has 6 nitrogen and oxygen atoms in total. The van der Waals surface area contributed by atoms with E-state index in [2.05, 4.69) is 10.6 Å². The molecule has 3 aromatic rings. The number of carbonyl (C=O) groups is 2. The zero-order valence-electron chi connectivity index (χ0n) is 19.4. The molecule has 0 aliphatic rings. The number of rotatable bonds is 9. The van der Waals surface area contributed by atoms with Gasteiger partial charge >= 0.3 is 6.18 Å². The number of ether oxygens (including phenoxy) is 1. The first kappa shape index (κ1) is 25.8. The van der Waals surface area contributed by atoms with Crippen LogP contribution in [0.15, 0.2) is 72.8 Å². The lowest BCUT2D eigenvalue weighted by molar-refractivity contribution is -0.137. The summed E-state index contributed by atoms with van der Waals surface area (Å²) >= 11 is 0. The van der Waals surface area contributed by atoms with Gasteiger partial charge in [0.1, 0.15) is 5.75 Å². The number of hydrogen-bond acceptors (Lipinski definition) is 4. The second-order valence-corrected chi connectivity index (χ2v) is 8.03. The summed E-state index contributed by atoms with van der Waals surface area (Å²) in [5, 5.41) is 5.17. The zero-order valence-corrected chi connectivity index (χ0v) is 19.4. The number of carbonyl (C=O) groups excluding carboxylic acids is 2. The Hall–Kier alpha value is -3.85. The molecular weight excluding hydrogens is 459 g/mol. The second-order valence-electron chi connectivity index (χ2n) is 8.03. The number of para-hydroxylation sites is 2. The highest BCUT2D eigenvalue weighted by molar-refractivity contribution is 6.13. The molecule has 35 heavy (non-hydrogen) atoms. The summed E-state index contributed by atoms with van der Waals surface area (Å²) in [5.74, 6) is -0.726. The van der Waals surface area contributed by atoms with Gasteiger partial charge in [0.05, 0.1) is 29.0 Å². The Balaban J connectivity index is 1.75. The van der Waals surface area contributed by atoms with Crippen molar-refractivity contribution >= 4 is 23.2 Å². The van der Waals surface area contributed by atoms with Gasteiger partial charge in [0, 0.05) is 12.2 Å². The number of amides is 2. The Bertz CT molecular complexity index is 1180. The van der Waals surface area contributed by atoms with E-state index in [0.717, 1.165) is 25.1 Å². The maximum absolute atomic E-state index is 13.0. The molecule has 3 rings (SSSR count). The van der Waals surface area contributed by atoms with Crippen LogP contribution in [-0.2, 0) is 6.18 Å². The van der Waals surface area contributed by atoms with E-state index in [9.17, 15) is 22.8 Å². The lowest BCUT2D eigenvalue weighted by Crippen LogP contribution is -2.19. The molecule has 0 fully saturated rings. The molecule has 2 amide bonds. The van der Waals surface area contributed by atoms with Crippen LogP contribution < -0.4 is 15.4 Å². The van der Waals surface area contributed by atoms with E-state index < -0.39 is 23.6 Å². The molecular formula is C26H26F3N3O3. The summed E-state index contributed by atoms with van der Waals surface area (Å²) in [6.45, 7) is 1.27. The van der Waals surface area contributed by atoms with E-state index in [1.165, 1.54) is 18.2 Å². The first-order chi connectivity index (χ1) is 16.6. The van der Waals surface area contributed by atoms with Crippen molar-refractivity contribution in [3.63, 3.8) is 0 Å². The SMILES string of the molecule is CN(C)CCCOc1ccccc1C(=O)Nc1ccccc1C(=O)Nc1cccc(C(F)(F)F)c1.